The molecule has 1 aromatic carbocycles. The maximum Gasteiger partial charge on any atom is 0.339 e. The van der Waals surface area contributed by atoms with Crippen molar-refractivity contribution in [3.63, 3.8) is 0 Å². The summed E-state index contributed by atoms with van der Waals surface area (Å²) in [7, 11) is 0. The molecule has 154 valence electrons. The van der Waals surface area contributed by atoms with Gasteiger partial charge in [0.15, 0.2) is 6.61 Å². The van der Waals surface area contributed by atoms with Gasteiger partial charge in [0.1, 0.15) is 0 Å². The largest absolute Gasteiger partial charge is 0.452 e. The number of amides is 1. The van der Waals surface area contributed by atoms with Gasteiger partial charge in [0.05, 0.1) is 11.1 Å². The highest BCUT2D eigenvalue weighted by Crippen LogP contribution is 2.39. The fourth-order valence-corrected chi connectivity index (χ4v) is 4.62. The first kappa shape index (κ1) is 19.9. The third kappa shape index (κ3) is 4.00. The zero-order chi connectivity index (χ0) is 20.6. The molecule has 0 unspecified atom stereocenters. The number of pyridine rings is 1. The predicted octanol–water partition coefficient (Wildman–Crippen LogP) is 4.17. The van der Waals surface area contributed by atoms with E-state index in [2.05, 4.69) is 20.8 Å². The van der Waals surface area contributed by atoms with Crippen molar-refractivity contribution in [3.8, 4) is 0 Å². The molecule has 0 saturated carbocycles. The van der Waals surface area contributed by atoms with Crippen molar-refractivity contribution in [1.29, 1.82) is 0 Å². The van der Waals surface area contributed by atoms with Crippen LogP contribution in [0.4, 0.5) is 0 Å². The number of ether oxygens (including phenoxy) is 1. The molecular formula is C24H30N2O3. The number of esters is 1. The zero-order valence-corrected chi connectivity index (χ0v) is 17.7. The number of aryl methyl sites for hydroxylation is 1. The van der Waals surface area contributed by atoms with E-state index in [0.29, 0.717) is 11.5 Å². The van der Waals surface area contributed by atoms with E-state index < -0.39 is 5.97 Å². The minimum atomic E-state index is -0.401. The van der Waals surface area contributed by atoms with Crippen LogP contribution in [0.25, 0.3) is 10.9 Å². The van der Waals surface area contributed by atoms with Gasteiger partial charge in [-0.15, -0.1) is 0 Å². The minimum Gasteiger partial charge on any atom is -0.452 e. The Morgan fingerprint density at radius 3 is 2.62 bits per heavy atom. The highest BCUT2D eigenvalue weighted by Gasteiger charge is 2.33. The van der Waals surface area contributed by atoms with Crippen molar-refractivity contribution in [2.45, 2.75) is 52.9 Å². The molecule has 1 aromatic heterocycles. The van der Waals surface area contributed by atoms with Crippen LogP contribution in [-0.4, -0.2) is 41.5 Å². The number of carbonyl (C=O) groups is 2. The molecule has 1 atom stereocenters. The lowest BCUT2D eigenvalue weighted by Crippen LogP contribution is -2.32. The predicted molar refractivity (Wildman–Crippen MR) is 113 cm³/mol. The number of aromatic nitrogens is 1. The number of carbonyl (C=O) groups excluding carboxylic acids is 2. The average molecular weight is 395 g/mol. The standard InChI is InChI=1S/C24H30N2O3/c1-24(2,3)16-10-11-20-18(14-16)22(17-8-4-5-9-19(17)25-20)23(28)29-15-21(27)26-12-6-7-13-26/h4-5,8-9,16H,6-7,10-15H2,1-3H3/t16-/m0/s1. The summed E-state index contributed by atoms with van der Waals surface area (Å²) in [5.74, 6) is -0.0200. The van der Waals surface area contributed by atoms with Gasteiger partial charge in [-0.2, -0.15) is 0 Å². The first-order valence-electron chi connectivity index (χ1n) is 10.7. The second-order valence-corrected chi connectivity index (χ2v) is 9.40. The Hall–Kier alpha value is -2.43. The Morgan fingerprint density at radius 1 is 1.17 bits per heavy atom. The number of hydrogen-bond donors (Lipinski definition) is 0. The van der Waals surface area contributed by atoms with Crippen molar-refractivity contribution in [2.75, 3.05) is 19.7 Å². The Labute approximate surface area is 172 Å². The molecule has 2 aromatic rings. The van der Waals surface area contributed by atoms with E-state index in [9.17, 15) is 9.59 Å². The molecule has 0 spiro atoms. The van der Waals surface area contributed by atoms with Gasteiger partial charge in [-0.1, -0.05) is 39.0 Å². The summed E-state index contributed by atoms with van der Waals surface area (Å²) in [4.78, 5) is 32.2. The third-order valence-electron chi connectivity index (χ3n) is 6.47. The highest BCUT2D eigenvalue weighted by atomic mass is 16.5. The molecule has 5 heteroatoms. The van der Waals surface area contributed by atoms with Crippen molar-refractivity contribution in [3.05, 3.63) is 41.1 Å². The lowest BCUT2D eigenvalue weighted by atomic mass is 9.70. The van der Waals surface area contributed by atoms with Gasteiger partial charge in [-0.3, -0.25) is 9.78 Å². The summed E-state index contributed by atoms with van der Waals surface area (Å²) in [5.41, 5.74) is 3.60. The van der Waals surface area contributed by atoms with Crippen LogP contribution in [0.15, 0.2) is 24.3 Å². The third-order valence-corrected chi connectivity index (χ3v) is 6.47. The van der Waals surface area contributed by atoms with E-state index in [4.69, 9.17) is 9.72 Å². The highest BCUT2D eigenvalue weighted by molar-refractivity contribution is 6.05. The van der Waals surface area contributed by atoms with Crippen LogP contribution in [0.1, 0.15) is 61.6 Å². The molecular weight excluding hydrogens is 364 g/mol. The fraction of sp³-hybridized carbons (Fsp3) is 0.542. The molecule has 1 aliphatic heterocycles. The van der Waals surface area contributed by atoms with E-state index in [1.807, 2.05) is 24.3 Å². The van der Waals surface area contributed by atoms with E-state index in [1.165, 1.54) is 0 Å². The Balaban J connectivity index is 1.66. The number of para-hydroxylation sites is 1. The summed E-state index contributed by atoms with van der Waals surface area (Å²) in [6.07, 6.45) is 4.81. The van der Waals surface area contributed by atoms with Crippen LogP contribution in [0, 0.1) is 11.3 Å². The lowest BCUT2D eigenvalue weighted by Gasteiger charge is -2.35. The molecule has 0 bridgehead atoms. The molecule has 0 radical (unpaired) electrons. The molecule has 1 amide bonds. The van der Waals surface area contributed by atoms with Gasteiger partial charge in [-0.25, -0.2) is 4.79 Å². The van der Waals surface area contributed by atoms with Crippen LogP contribution >= 0.6 is 0 Å². The van der Waals surface area contributed by atoms with Crippen LogP contribution in [-0.2, 0) is 22.4 Å². The topological polar surface area (TPSA) is 59.5 Å². The molecule has 5 nitrogen and oxygen atoms in total. The average Bonchev–Trinajstić information content (AvgIpc) is 3.23. The molecule has 1 saturated heterocycles. The second-order valence-electron chi connectivity index (χ2n) is 9.40. The van der Waals surface area contributed by atoms with Crippen molar-refractivity contribution in [2.24, 2.45) is 11.3 Å². The number of rotatable bonds is 3. The van der Waals surface area contributed by atoms with Crippen LogP contribution in [0.3, 0.4) is 0 Å². The van der Waals surface area contributed by atoms with Crippen LogP contribution < -0.4 is 0 Å². The summed E-state index contributed by atoms with van der Waals surface area (Å²) >= 11 is 0. The van der Waals surface area contributed by atoms with Crippen LogP contribution in [0.2, 0.25) is 0 Å². The van der Waals surface area contributed by atoms with Gasteiger partial charge in [0.2, 0.25) is 0 Å². The van der Waals surface area contributed by atoms with Crippen molar-refractivity contribution in [1.82, 2.24) is 9.88 Å². The molecule has 1 fully saturated rings. The minimum absolute atomic E-state index is 0.101. The summed E-state index contributed by atoms with van der Waals surface area (Å²) < 4.78 is 5.54. The monoisotopic (exact) mass is 394 g/mol. The molecule has 2 aliphatic rings. The normalized spacial score (nSPS) is 19.3. The number of likely N-dealkylation sites (tertiary alicyclic amines) is 1. The molecule has 0 N–H and O–H groups in total. The SMILES string of the molecule is CC(C)(C)[C@H]1CCc2nc3ccccc3c(C(=O)OCC(=O)N3CCCC3)c2C1. The Kier molecular flexibility index (Phi) is 5.32. The van der Waals surface area contributed by atoms with Gasteiger partial charge in [0.25, 0.3) is 5.91 Å². The van der Waals surface area contributed by atoms with Gasteiger partial charge in [0, 0.05) is 24.2 Å². The maximum atomic E-state index is 13.2. The van der Waals surface area contributed by atoms with Crippen molar-refractivity contribution >= 4 is 22.8 Å². The Bertz CT molecular complexity index is 939. The quantitative estimate of drug-likeness (QED) is 0.734. The van der Waals surface area contributed by atoms with Gasteiger partial charge in [-0.05, 0) is 55.1 Å². The first-order chi connectivity index (χ1) is 13.8. The molecule has 4 rings (SSSR count). The van der Waals surface area contributed by atoms with E-state index in [0.717, 1.165) is 67.4 Å². The van der Waals surface area contributed by atoms with Crippen LogP contribution in [0.5, 0.6) is 0 Å². The molecule has 2 heterocycles. The van der Waals surface area contributed by atoms with E-state index >= 15 is 0 Å². The molecule has 1 aliphatic carbocycles. The maximum absolute atomic E-state index is 13.2. The van der Waals surface area contributed by atoms with Gasteiger partial charge < -0.3 is 9.64 Å². The smallest absolute Gasteiger partial charge is 0.339 e. The fourth-order valence-electron chi connectivity index (χ4n) is 4.62. The van der Waals surface area contributed by atoms with E-state index in [1.54, 1.807) is 4.90 Å². The molecule has 29 heavy (non-hydrogen) atoms. The van der Waals surface area contributed by atoms with E-state index in [-0.39, 0.29) is 17.9 Å². The number of hydrogen-bond acceptors (Lipinski definition) is 4. The lowest BCUT2D eigenvalue weighted by molar-refractivity contribution is -0.133. The zero-order valence-electron chi connectivity index (χ0n) is 17.7. The first-order valence-corrected chi connectivity index (χ1v) is 10.7. The Morgan fingerprint density at radius 2 is 1.90 bits per heavy atom. The summed E-state index contributed by atoms with van der Waals surface area (Å²) in [5, 5.41) is 0.819. The van der Waals surface area contributed by atoms with Gasteiger partial charge >= 0.3 is 5.97 Å². The number of fused-ring (bicyclic) bond motifs is 2. The second kappa shape index (κ2) is 7.77. The van der Waals surface area contributed by atoms with Crippen molar-refractivity contribution < 1.29 is 14.3 Å². The summed E-state index contributed by atoms with van der Waals surface area (Å²) in [6.45, 7) is 8.10. The number of nitrogens with zero attached hydrogens (tertiary/aromatic N) is 2. The summed E-state index contributed by atoms with van der Waals surface area (Å²) in [6, 6.07) is 7.74. The number of benzene rings is 1.